The van der Waals surface area contributed by atoms with Gasteiger partial charge in [0.25, 0.3) is 5.91 Å². The Labute approximate surface area is 141 Å². The van der Waals surface area contributed by atoms with E-state index >= 15 is 0 Å². The molecule has 0 N–H and O–H groups in total. The molecule has 0 saturated carbocycles. The quantitative estimate of drug-likeness (QED) is 0.859. The van der Waals surface area contributed by atoms with Crippen LogP contribution in [0.5, 0.6) is 0 Å². The van der Waals surface area contributed by atoms with Crippen LogP contribution in [0.4, 0.5) is 0 Å². The maximum absolute atomic E-state index is 12.8. The molecule has 6 heteroatoms. The molecule has 0 spiro atoms. The third kappa shape index (κ3) is 3.76. The molecule has 0 radical (unpaired) electrons. The Morgan fingerprint density at radius 1 is 1.29 bits per heavy atom. The largest absolute Gasteiger partial charge is 0.377 e. The molecule has 2 aromatic heterocycles. The molecular formula is C18H22N4O2. The predicted molar refractivity (Wildman–Crippen MR) is 89.7 cm³/mol. The maximum Gasteiger partial charge on any atom is 0.255 e. The van der Waals surface area contributed by atoms with Gasteiger partial charge in [0, 0.05) is 31.3 Å². The number of amides is 1. The fraction of sp³-hybridized carbons (Fsp3) is 0.444. The number of ether oxygens (including phenoxy) is 1. The molecule has 3 rings (SSSR count). The van der Waals surface area contributed by atoms with Crippen LogP contribution < -0.4 is 0 Å². The molecule has 6 nitrogen and oxygen atoms in total. The number of morpholine rings is 1. The summed E-state index contributed by atoms with van der Waals surface area (Å²) in [6.45, 7) is 5.64. The molecule has 24 heavy (non-hydrogen) atoms. The fourth-order valence-corrected chi connectivity index (χ4v) is 2.98. The first-order valence-electron chi connectivity index (χ1n) is 8.22. The number of carbonyl (C=O) groups excluding carboxylic acids is 1. The average molecular weight is 326 g/mol. The van der Waals surface area contributed by atoms with Crippen molar-refractivity contribution in [3.63, 3.8) is 0 Å². The number of nitrogens with zero attached hydrogens (tertiary/aromatic N) is 4. The summed E-state index contributed by atoms with van der Waals surface area (Å²) in [5.74, 6) is 0.0235. The topological polar surface area (TPSA) is 68.2 Å². The monoisotopic (exact) mass is 326 g/mol. The first-order chi connectivity index (χ1) is 11.6. The normalized spacial score (nSPS) is 17.8. The van der Waals surface area contributed by atoms with Crippen molar-refractivity contribution in [1.82, 2.24) is 19.9 Å². The number of hydrogen-bond donors (Lipinski definition) is 0. The Kier molecular flexibility index (Phi) is 5.15. The number of aromatic nitrogens is 3. The van der Waals surface area contributed by atoms with Gasteiger partial charge in [0.2, 0.25) is 0 Å². The summed E-state index contributed by atoms with van der Waals surface area (Å²) < 4.78 is 5.60. The predicted octanol–water partition coefficient (Wildman–Crippen LogP) is 1.96. The number of pyridine rings is 1. The highest BCUT2D eigenvalue weighted by Gasteiger charge is 2.28. The molecule has 1 amide bonds. The lowest BCUT2D eigenvalue weighted by Gasteiger charge is -2.35. The van der Waals surface area contributed by atoms with Gasteiger partial charge in [-0.15, -0.1) is 0 Å². The summed E-state index contributed by atoms with van der Waals surface area (Å²) in [7, 11) is 0. The van der Waals surface area contributed by atoms with Gasteiger partial charge >= 0.3 is 0 Å². The van der Waals surface area contributed by atoms with Gasteiger partial charge in [0.1, 0.15) is 0 Å². The van der Waals surface area contributed by atoms with Crippen molar-refractivity contribution in [2.24, 2.45) is 0 Å². The highest BCUT2D eigenvalue weighted by Crippen LogP contribution is 2.17. The Morgan fingerprint density at radius 3 is 2.92 bits per heavy atom. The van der Waals surface area contributed by atoms with Crippen LogP contribution in [-0.4, -0.2) is 51.6 Å². The lowest BCUT2D eigenvalue weighted by Crippen LogP contribution is -2.49. The molecular weight excluding hydrogens is 304 g/mol. The molecule has 3 heterocycles. The molecule has 1 aliphatic rings. The van der Waals surface area contributed by atoms with Crippen LogP contribution in [0.1, 0.15) is 33.7 Å². The van der Waals surface area contributed by atoms with Crippen LogP contribution in [0.25, 0.3) is 0 Å². The summed E-state index contributed by atoms with van der Waals surface area (Å²) in [6.07, 6.45) is 8.39. The van der Waals surface area contributed by atoms with E-state index in [1.54, 1.807) is 24.8 Å². The van der Waals surface area contributed by atoms with Gasteiger partial charge in [-0.25, -0.2) is 0 Å². The summed E-state index contributed by atoms with van der Waals surface area (Å²) in [6, 6.07) is 1.93. The third-order valence-electron chi connectivity index (χ3n) is 4.31. The van der Waals surface area contributed by atoms with Crippen molar-refractivity contribution in [3.05, 3.63) is 53.4 Å². The van der Waals surface area contributed by atoms with Crippen molar-refractivity contribution < 1.29 is 9.53 Å². The van der Waals surface area contributed by atoms with Crippen molar-refractivity contribution in [3.8, 4) is 0 Å². The SMILES string of the molecule is Cc1cncc(C(=O)N2CCOC[C@@H]2CCc2nccnc2C)c1. The lowest BCUT2D eigenvalue weighted by atomic mass is 10.0. The Balaban J connectivity index is 1.71. The highest BCUT2D eigenvalue weighted by molar-refractivity contribution is 5.94. The summed E-state index contributed by atoms with van der Waals surface area (Å²) >= 11 is 0. The van der Waals surface area contributed by atoms with Gasteiger partial charge in [-0.05, 0) is 38.3 Å². The van der Waals surface area contributed by atoms with Crippen LogP contribution in [0, 0.1) is 13.8 Å². The molecule has 0 bridgehead atoms. The van der Waals surface area contributed by atoms with Crippen LogP contribution in [0.15, 0.2) is 30.9 Å². The number of aryl methyl sites for hydroxylation is 3. The van der Waals surface area contributed by atoms with E-state index in [1.165, 1.54) is 0 Å². The summed E-state index contributed by atoms with van der Waals surface area (Å²) in [5.41, 5.74) is 3.54. The molecule has 1 saturated heterocycles. The maximum atomic E-state index is 12.8. The van der Waals surface area contributed by atoms with Crippen LogP contribution in [-0.2, 0) is 11.2 Å². The summed E-state index contributed by atoms with van der Waals surface area (Å²) in [4.78, 5) is 27.5. The Morgan fingerprint density at radius 2 is 2.12 bits per heavy atom. The molecule has 0 aliphatic carbocycles. The van der Waals surface area contributed by atoms with Crippen molar-refractivity contribution in [2.75, 3.05) is 19.8 Å². The minimum atomic E-state index is 0.0235. The minimum Gasteiger partial charge on any atom is -0.377 e. The molecule has 1 fully saturated rings. The van der Waals surface area contributed by atoms with E-state index in [4.69, 9.17) is 4.74 Å². The Bertz CT molecular complexity index is 720. The molecule has 0 unspecified atom stereocenters. The second kappa shape index (κ2) is 7.49. The van der Waals surface area contributed by atoms with E-state index in [-0.39, 0.29) is 11.9 Å². The second-order valence-electron chi connectivity index (χ2n) is 6.11. The summed E-state index contributed by atoms with van der Waals surface area (Å²) in [5, 5.41) is 0. The second-order valence-corrected chi connectivity index (χ2v) is 6.11. The fourth-order valence-electron chi connectivity index (χ4n) is 2.98. The zero-order valence-corrected chi connectivity index (χ0v) is 14.1. The third-order valence-corrected chi connectivity index (χ3v) is 4.31. The smallest absolute Gasteiger partial charge is 0.255 e. The van der Waals surface area contributed by atoms with Gasteiger partial charge < -0.3 is 9.64 Å². The minimum absolute atomic E-state index is 0.0235. The van der Waals surface area contributed by atoms with Crippen molar-refractivity contribution in [1.29, 1.82) is 0 Å². The van der Waals surface area contributed by atoms with Crippen LogP contribution in [0.2, 0.25) is 0 Å². The highest BCUT2D eigenvalue weighted by atomic mass is 16.5. The zero-order valence-electron chi connectivity index (χ0n) is 14.1. The molecule has 1 atom stereocenters. The van der Waals surface area contributed by atoms with E-state index in [0.717, 1.165) is 29.8 Å². The van der Waals surface area contributed by atoms with Gasteiger partial charge in [0.15, 0.2) is 0 Å². The van der Waals surface area contributed by atoms with E-state index < -0.39 is 0 Å². The molecule has 1 aliphatic heterocycles. The average Bonchev–Trinajstić information content (AvgIpc) is 2.61. The number of carbonyl (C=O) groups is 1. The first kappa shape index (κ1) is 16.5. The van der Waals surface area contributed by atoms with E-state index in [1.807, 2.05) is 24.8 Å². The molecule has 2 aromatic rings. The van der Waals surface area contributed by atoms with E-state index in [2.05, 4.69) is 15.0 Å². The molecule has 126 valence electrons. The van der Waals surface area contributed by atoms with Crippen LogP contribution >= 0.6 is 0 Å². The Hall–Kier alpha value is -2.34. The van der Waals surface area contributed by atoms with Gasteiger partial charge in [-0.2, -0.15) is 0 Å². The first-order valence-corrected chi connectivity index (χ1v) is 8.22. The van der Waals surface area contributed by atoms with E-state index in [9.17, 15) is 4.79 Å². The number of hydrogen-bond acceptors (Lipinski definition) is 5. The standard InChI is InChI=1S/C18H22N4O2/c1-13-9-15(11-19-10-13)18(23)22-7-8-24-12-16(22)3-4-17-14(2)20-5-6-21-17/h5-6,9-11,16H,3-4,7-8,12H2,1-2H3/t16-/m0/s1. The van der Waals surface area contributed by atoms with Gasteiger partial charge in [0.05, 0.1) is 36.2 Å². The lowest BCUT2D eigenvalue weighted by molar-refractivity contribution is -0.00416. The molecule has 0 aromatic carbocycles. The zero-order chi connectivity index (χ0) is 16.9. The van der Waals surface area contributed by atoms with Crippen molar-refractivity contribution in [2.45, 2.75) is 32.7 Å². The van der Waals surface area contributed by atoms with Gasteiger partial charge in [-0.3, -0.25) is 19.7 Å². The van der Waals surface area contributed by atoms with Crippen LogP contribution in [0.3, 0.4) is 0 Å². The van der Waals surface area contributed by atoms with E-state index in [0.29, 0.717) is 25.3 Å². The van der Waals surface area contributed by atoms with Crippen molar-refractivity contribution >= 4 is 5.91 Å². The van der Waals surface area contributed by atoms with Gasteiger partial charge in [-0.1, -0.05) is 0 Å². The number of rotatable bonds is 4.